The Kier molecular flexibility index (Phi) is 2.59. The second-order valence-corrected chi connectivity index (χ2v) is 4.51. The smallest absolute Gasteiger partial charge is 0.322 e. The number of para-hydroxylation sites is 1. The van der Waals surface area contributed by atoms with Gasteiger partial charge in [0.1, 0.15) is 6.04 Å². The van der Waals surface area contributed by atoms with Gasteiger partial charge in [-0.15, -0.1) is 0 Å². The van der Waals surface area contributed by atoms with E-state index >= 15 is 0 Å². The molecule has 1 aliphatic heterocycles. The SMILES string of the molecule is C=Cc1cccc2c(C[C@H]3NC(=O)NC3=O)c[nH]c12. The summed E-state index contributed by atoms with van der Waals surface area (Å²) in [4.78, 5) is 25.8. The summed E-state index contributed by atoms with van der Waals surface area (Å²) in [6, 6.07) is 4.98. The molecule has 3 amide bonds. The Morgan fingerprint density at radius 3 is 2.84 bits per heavy atom. The summed E-state index contributed by atoms with van der Waals surface area (Å²) >= 11 is 0. The lowest BCUT2D eigenvalue weighted by Gasteiger charge is -2.06. The van der Waals surface area contributed by atoms with E-state index in [4.69, 9.17) is 0 Å². The molecule has 1 atom stereocenters. The molecule has 19 heavy (non-hydrogen) atoms. The van der Waals surface area contributed by atoms with Crippen molar-refractivity contribution in [2.75, 3.05) is 0 Å². The van der Waals surface area contributed by atoms with Crippen LogP contribution in [0.1, 0.15) is 11.1 Å². The Morgan fingerprint density at radius 1 is 1.32 bits per heavy atom. The highest BCUT2D eigenvalue weighted by atomic mass is 16.2. The molecule has 3 rings (SSSR count). The van der Waals surface area contributed by atoms with Crippen LogP contribution in [-0.4, -0.2) is 23.0 Å². The zero-order chi connectivity index (χ0) is 13.4. The van der Waals surface area contributed by atoms with Gasteiger partial charge in [0, 0.05) is 18.0 Å². The fraction of sp³-hybridized carbons (Fsp3) is 0.143. The molecule has 1 aliphatic rings. The molecule has 5 nitrogen and oxygen atoms in total. The number of hydrogen-bond donors (Lipinski definition) is 3. The van der Waals surface area contributed by atoms with Gasteiger partial charge in [-0.05, 0) is 11.1 Å². The molecule has 0 saturated carbocycles. The molecule has 2 heterocycles. The lowest BCUT2D eigenvalue weighted by Crippen LogP contribution is -2.30. The highest BCUT2D eigenvalue weighted by molar-refractivity contribution is 6.04. The Labute approximate surface area is 109 Å². The maximum absolute atomic E-state index is 11.5. The first-order valence-corrected chi connectivity index (χ1v) is 6.02. The van der Waals surface area contributed by atoms with Crippen LogP contribution >= 0.6 is 0 Å². The molecule has 2 aromatic rings. The quantitative estimate of drug-likeness (QED) is 0.728. The molecule has 1 fully saturated rings. The third kappa shape index (κ3) is 1.89. The fourth-order valence-corrected chi connectivity index (χ4v) is 2.40. The average molecular weight is 255 g/mol. The lowest BCUT2D eigenvalue weighted by atomic mass is 10.0. The number of rotatable bonds is 3. The van der Waals surface area contributed by atoms with Crippen molar-refractivity contribution in [2.45, 2.75) is 12.5 Å². The molecule has 1 aromatic carbocycles. The topological polar surface area (TPSA) is 74.0 Å². The van der Waals surface area contributed by atoms with Crippen LogP contribution < -0.4 is 10.6 Å². The number of carbonyl (C=O) groups excluding carboxylic acids is 2. The maximum atomic E-state index is 11.5. The molecule has 0 aliphatic carbocycles. The standard InChI is InChI=1S/C14H13N3O2/c1-2-8-4-3-5-10-9(7-15-12(8)10)6-11-13(18)17-14(19)16-11/h2-5,7,11,15H,1,6H2,(H2,16,17,18,19)/t11-/m1/s1. The average Bonchev–Trinajstić information content (AvgIpc) is 2.94. The van der Waals surface area contributed by atoms with Crippen molar-refractivity contribution in [3.63, 3.8) is 0 Å². The van der Waals surface area contributed by atoms with Gasteiger partial charge in [-0.1, -0.05) is 30.9 Å². The lowest BCUT2D eigenvalue weighted by molar-refractivity contribution is -0.120. The Balaban J connectivity index is 1.96. The number of aromatic nitrogens is 1. The van der Waals surface area contributed by atoms with Gasteiger partial charge in [-0.2, -0.15) is 0 Å². The molecule has 3 N–H and O–H groups in total. The molecule has 0 spiro atoms. The Bertz CT molecular complexity index is 687. The van der Waals surface area contributed by atoms with Crippen molar-refractivity contribution in [3.8, 4) is 0 Å². The first-order chi connectivity index (χ1) is 9.19. The number of hydrogen-bond acceptors (Lipinski definition) is 2. The number of fused-ring (bicyclic) bond motifs is 1. The third-order valence-electron chi connectivity index (χ3n) is 3.34. The van der Waals surface area contributed by atoms with Crippen LogP contribution in [-0.2, 0) is 11.2 Å². The molecular weight excluding hydrogens is 242 g/mol. The number of imide groups is 1. The van der Waals surface area contributed by atoms with Crippen molar-refractivity contribution < 1.29 is 9.59 Å². The van der Waals surface area contributed by atoms with Gasteiger partial charge in [-0.3, -0.25) is 10.1 Å². The minimum absolute atomic E-state index is 0.278. The van der Waals surface area contributed by atoms with Crippen molar-refractivity contribution in [1.29, 1.82) is 0 Å². The number of benzene rings is 1. The highest BCUT2D eigenvalue weighted by Gasteiger charge is 2.30. The van der Waals surface area contributed by atoms with Crippen LogP contribution in [0.5, 0.6) is 0 Å². The van der Waals surface area contributed by atoms with E-state index in [0.717, 1.165) is 22.0 Å². The van der Waals surface area contributed by atoms with Crippen molar-refractivity contribution in [3.05, 3.63) is 42.1 Å². The van der Waals surface area contributed by atoms with E-state index < -0.39 is 12.1 Å². The van der Waals surface area contributed by atoms with Crippen LogP contribution in [0, 0.1) is 0 Å². The predicted octanol–water partition coefficient (Wildman–Crippen LogP) is 1.56. The van der Waals surface area contributed by atoms with E-state index in [9.17, 15) is 9.59 Å². The molecule has 0 unspecified atom stereocenters. The summed E-state index contributed by atoms with van der Waals surface area (Å²) in [5.41, 5.74) is 3.02. The van der Waals surface area contributed by atoms with Gasteiger partial charge in [0.25, 0.3) is 5.91 Å². The van der Waals surface area contributed by atoms with Crippen LogP contribution in [0.25, 0.3) is 17.0 Å². The van der Waals surface area contributed by atoms with Gasteiger partial charge in [0.2, 0.25) is 0 Å². The number of nitrogens with one attached hydrogen (secondary N) is 3. The molecule has 0 radical (unpaired) electrons. The minimum atomic E-state index is -0.501. The van der Waals surface area contributed by atoms with Gasteiger partial charge in [-0.25, -0.2) is 4.79 Å². The maximum Gasteiger partial charge on any atom is 0.322 e. The number of aromatic amines is 1. The van der Waals surface area contributed by atoms with Crippen molar-refractivity contribution in [1.82, 2.24) is 15.6 Å². The molecule has 1 saturated heterocycles. The summed E-state index contributed by atoms with van der Waals surface area (Å²) in [5, 5.41) is 5.88. The zero-order valence-corrected chi connectivity index (χ0v) is 10.2. The monoisotopic (exact) mass is 255 g/mol. The predicted molar refractivity (Wildman–Crippen MR) is 72.6 cm³/mol. The minimum Gasteiger partial charge on any atom is -0.360 e. The van der Waals surface area contributed by atoms with E-state index in [0.29, 0.717) is 6.42 Å². The van der Waals surface area contributed by atoms with Crippen LogP contribution in [0.4, 0.5) is 4.79 Å². The van der Waals surface area contributed by atoms with Gasteiger partial charge < -0.3 is 10.3 Å². The Morgan fingerprint density at radius 2 is 2.16 bits per heavy atom. The van der Waals surface area contributed by atoms with E-state index in [1.807, 2.05) is 24.4 Å². The molecular formula is C14H13N3O2. The number of amides is 3. The molecule has 5 heteroatoms. The summed E-state index contributed by atoms with van der Waals surface area (Å²) in [6.45, 7) is 3.77. The molecule has 96 valence electrons. The fourth-order valence-electron chi connectivity index (χ4n) is 2.40. The molecule has 1 aromatic heterocycles. The second-order valence-electron chi connectivity index (χ2n) is 4.51. The first-order valence-electron chi connectivity index (χ1n) is 6.02. The highest BCUT2D eigenvalue weighted by Crippen LogP contribution is 2.23. The number of H-pyrrole nitrogens is 1. The zero-order valence-electron chi connectivity index (χ0n) is 10.2. The van der Waals surface area contributed by atoms with E-state index in [1.54, 1.807) is 6.08 Å². The van der Waals surface area contributed by atoms with E-state index in [2.05, 4.69) is 22.2 Å². The number of urea groups is 1. The van der Waals surface area contributed by atoms with Crippen molar-refractivity contribution in [2.24, 2.45) is 0 Å². The summed E-state index contributed by atoms with van der Waals surface area (Å²) in [5.74, 6) is -0.278. The normalized spacial score (nSPS) is 18.4. The van der Waals surface area contributed by atoms with Crippen LogP contribution in [0.2, 0.25) is 0 Å². The second kappa shape index (κ2) is 4.28. The number of carbonyl (C=O) groups is 2. The van der Waals surface area contributed by atoms with E-state index in [-0.39, 0.29) is 5.91 Å². The largest absolute Gasteiger partial charge is 0.360 e. The Hall–Kier alpha value is -2.56. The van der Waals surface area contributed by atoms with Gasteiger partial charge in [0.15, 0.2) is 0 Å². The van der Waals surface area contributed by atoms with Crippen LogP contribution in [0.3, 0.4) is 0 Å². The third-order valence-corrected chi connectivity index (χ3v) is 3.34. The molecule has 0 bridgehead atoms. The first kappa shape index (κ1) is 11.5. The summed E-state index contributed by atoms with van der Waals surface area (Å²) in [6.07, 6.45) is 4.13. The van der Waals surface area contributed by atoms with E-state index in [1.165, 1.54) is 0 Å². The summed E-state index contributed by atoms with van der Waals surface area (Å²) < 4.78 is 0. The van der Waals surface area contributed by atoms with Crippen molar-refractivity contribution >= 4 is 28.9 Å². The summed E-state index contributed by atoms with van der Waals surface area (Å²) in [7, 11) is 0. The van der Waals surface area contributed by atoms with Gasteiger partial charge in [0.05, 0.1) is 5.52 Å². The van der Waals surface area contributed by atoms with Gasteiger partial charge >= 0.3 is 6.03 Å². The van der Waals surface area contributed by atoms with Crippen LogP contribution in [0.15, 0.2) is 31.0 Å².